The van der Waals surface area contributed by atoms with Crippen molar-refractivity contribution < 1.29 is 23.1 Å². The average Bonchev–Trinajstić information content (AvgIpc) is 2.62. The Morgan fingerprint density at radius 2 is 1.96 bits per heavy atom. The highest BCUT2D eigenvalue weighted by Gasteiger charge is 2.34. The number of benzene rings is 1. The molecular formula is C19H31N3O5S. The van der Waals surface area contributed by atoms with Crippen LogP contribution in [0.3, 0.4) is 0 Å². The fraction of sp³-hybridized carbons (Fsp3) is 0.632. The van der Waals surface area contributed by atoms with Crippen LogP contribution >= 0.6 is 0 Å². The molecule has 9 heteroatoms. The van der Waals surface area contributed by atoms with Crippen molar-refractivity contribution in [1.29, 1.82) is 0 Å². The van der Waals surface area contributed by atoms with Gasteiger partial charge in [-0.3, -0.25) is 4.79 Å². The first-order valence-electron chi connectivity index (χ1n) is 9.26. The van der Waals surface area contributed by atoms with Crippen LogP contribution in [0.2, 0.25) is 0 Å². The maximum Gasteiger partial charge on any atom is 0.258 e. The highest BCUT2D eigenvalue weighted by Crippen LogP contribution is 2.31. The number of nitrogens with zero attached hydrogens (tertiary/aromatic N) is 3. The quantitative estimate of drug-likeness (QED) is 0.744. The van der Waals surface area contributed by atoms with Gasteiger partial charge in [-0.2, -0.15) is 0 Å². The van der Waals surface area contributed by atoms with Crippen LogP contribution in [0.25, 0.3) is 0 Å². The van der Waals surface area contributed by atoms with E-state index in [0.29, 0.717) is 17.9 Å². The molecule has 0 saturated heterocycles. The molecule has 1 aromatic carbocycles. The zero-order valence-corrected chi connectivity index (χ0v) is 18.2. The zero-order valence-electron chi connectivity index (χ0n) is 17.4. The van der Waals surface area contributed by atoms with Gasteiger partial charge in [-0.25, -0.2) is 12.7 Å². The molecule has 1 heterocycles. The van der Waals surface area contributed by atoms with Gasteiger partial charge in [0.2, 0.25) is 10.0 Å². The van der Waals surface area contributed by atoms with E-state index in [0.717, 1.165) is 11.9 Å². The van der Waals surface area contributed by atoms with Crippen LogP contribution in [0.15, 0.2) is 18.2 Å². The maximum absolute atomic E-state index is 13.2. The van der Waals surface area contributed by atoms with Gasteiger partial charge in [0, 0.05) is 39.3 Å². The predicted octanol–water partition coefficient (Wildman–Crippen LogP) is 0.864. The van der Waals surface area contributed by atoms with E-state index in [2.05, 4.69) is 0 Å². The Morgan fingerprint density at radius 3 is 2.50 bits per heavy atom. The van der Waals surface area contributed by atoms with Crippen molar-refractivity contribution in [3.63, 3.8) is 0 Å². The van der Waals surface area contributed by atoms with E-state index >= 15 is 0 Å². The van der Waals surface area contributed by atoms with Crippen molar-refractivity contribution in [1.82, 2.24) is 9.21 Å². The van der Waals surface area contributed by atoms with E-state index in [-0.39, 0.29) is 31.0 Å². The van der Waals surface area contributed by atoms with Crippen molar-refractivity contribution >= 4 is 21.6 Å². The molecule has 0 bridgehead atoms. The highest BCUT2D eigenvalue weighted by atomic mass is 32.2. The second kappa shape index (κ2) is 8.67. The molecule has 158 valence electrons. The Labute approximate surface area is 167 Å². The number of aliphatic hydroxyl groups excluding tert-OH is 1. The number of amides is 1. The second-order valence-electron chi connectivity index (χ2n) is 7.74. The number of carbonyl (C=O) groups is 1. The topological polar surface area (TPSA) is 90.4 Å². The lowest BCUT2D eigenvalue weighted by atomic mass is 9.99. The van der Waals surface area contributed by atoms with Gasteiger partial charge in [-0.1, -0.05) is 6.92 Å². The first kappa shape index (κ1) is 22.4. The van der Waals surface area contributed by atoms with Crippen molar-refractivity contribution in [2.24, 2.45) is 5.92 Å². The SMILES string of the molecule is C[C@H]1CN([C@@H](C)CO)C(=O)c2cc(N(C)C)ccc2O[C@H]1CN(C)S(C)(=O)=O. The molecule has 0 saturated carbocycles. The molecule has 0 fully saturated rings. The predicted molar refractivity (Wildman–Crippen MR) is 109 cm³/mol. The van der Waals surface area contributed by atoms with E-state index in [1.165, 1.54) is 11.4 Å². The molecule has 0 radical (unpaired) electrons. The molecule has 1 aromatic rings. The number of rotatable bonds is 6. The number of carbonyl (C=O) groups excluding carboxylic acids is 1. The molecule has 1 N–H and O–H groups in total. The van der Waals surface area contributed by atoms with Gasteiger partial charge in [-0.05, 0) is 25.1 Å². The smallest absolute Gasteiger partial charge is 0.258 e. The molecule has 3 atom stereocenters. The van der Waals surface area contributed by atoms with Crippen LogP contribution in [-0.2, 0) is 10.0 Å². The summed E-state index contributed by atoms with van der Waals surface area (Å²) in [6, 6.07) is 5.00. The summed E-state index contributed by atoms with van der Waals surface area (Å²) in [4.78, 5) is 16.7. The molecular weight excluding hydrogens is 382 g/mol. The Balaban J connectivity index is 2.50. The van der Waals surface area contributed by atoms with Crippen LogP contribution < -0.4 is 9.64 Å². The summed E-state index contributed by atoms with van der Waals surface area (Å²) in [5.41, 5.74) is 1.26. The van der Waals surface area contributed by atoms with Crippen molar-refractivity contribution in [3.8, 4) is 5.75 Å². The Kier molecular flexibility index (Phi) is 6.95. The first-order chi connectivity index (χ1) is 13.0. The summed E-state index contributed by atoms with van der Waals surface area (Å²) in [5.74, 6) is 0.0787. The highest BCUT2D eigenvalue weighted by molar-refractivity contribution is 7.88. The fourth-order valence-electron chi connectivity index (χ4n) is 3.10. The van der Waals surface area contributed by atoms with Gasteiger partial charge in [0.1, 0.15) is 11.9 Å². The van der Waals surface area contributed by atoms with E-state index in [4.69, 9.17) is 4.74 Å². The lowest BCUT2D eigenvalue weighted by Gasteiger charge is -2.38. The largest absolute Gasteiger partial charge is 0.488 e. The lowest BCUT2D eigenvalue weighted by Crippen LogP contribution is -2.50. The molecule has 1 aliphatic heterocycles. The van der Waals surface area contributed by atoms with E-state index in [9.17, 15) is 18.3 Å². The minimum absolute atomic E-state index is 0.135. The average molecular weight is 414 g/mol. The summed E-state index contributed by atoms with van der Waals surface area (Å²) in [7, 11) is 1.92. The first-order valence-corrected chi connectivity index (χ1v) is 11.1. The third-order valence-electron chi connectivity index (χ3n) is 5.17. The molecule has 2 rings (SSSR count). The summed E-state index contributed by atoms with van der Waals surface area (Å²) in [5, 5.41) is 9.64. The van der Waals surface area contributed by atoms with Crippen molar-refractivity contribution in [3.05, 3.63) is 23.8 Å². The summed E-state index contributed by atoms with van der Waals surface area (Å²) < 4.78 is 31.1. The number of sulfonamides is 1. The van der Waals surface area contributed by atoms with E-state index in [1.54, 1.807) is 24.0 Å². The van der Waals surface area contributed by atoms with Gasteiger partial charge >= 0.3 is 0 Å². The molecule has 0 aliphatic carbocycles. The monoisotopic (exact) mass is 413 g/mol. The number of likely N-dealkylation sites (N-methyl/N-ethyl adjacent to an activating group) is 1. The van der Waals surface area contributed by atoms with Gasteiger partial charge in [-0.15, -0.1) is 0 Å². The van der Waals surface area contributed by atoms with Gasteiger partial charge in [0.15, 0.2) is 0 Å². The van der Waals surface area contributed by atoms with E-state index in [1.807, 2.05) is 32.0 Å². The van der Waals surface area contributed by atoms with Crippen LogP contribution in [0.5, 0.6) is 5.75 Å². The number of hydrogen-bond acceptors (Lipinski definition) is 6. The normalized spacial score (nSPS) is 21.6. The van der Waals surface area contributed by atoms with Gasteiger partial charge < -0.3 is 19.6 Å². The van der Waals surface area contributed by atoms with Crippen LogP contribution in [0.4, 0.5) is 5.69 Å². The molecule has 0 aromatic heterocycles. The fourth-order valence-corrected chi connectivity index (χ4v) is 3.51. The molecule has 8 nitrogen and oxygen atoms in total. The zero-order chi connectivity index (χ0) is 21.2. The molecule has 1 amide bonds. The summed E-state index contributed by atoms with van der Waals surface area (Å²) in [6.45, 7) is 4.08. The minimum atomic E-state index is -3.36. The molecule has 0 spiro atoms. The van der Waals surface area contributed by atoms with Crippen molar-refractivity contribution in [2.75, 3.05) is 52.0 Å². The summed E-state index contributed by atoms with van der Waals surface area (Å²) in [6.07, 6.45) is 0.715. The van der Waals surface area contributed by atoms with Gasteiger partial charge in [0.25, 0.3) is 5.91 Å². The Hall–Kier alpha value is -1.84. The standard InChI is InChI=1S/C19H31N3O5S/c1-13-10-22(14(2)12-23)19(24)16-9-15(20(3)4)7-8-17(16)27-18(13)11-21(5)28(6,25)26/h7-9,13-14,18,23H,10-12H2,1-6H3/t13-,14-,18-/m0/s1. The third-order valence-corrected chi connectivity index (χ3v) is 6.45. The molecule has 0 unspecified atom stereocenters. The Morgan fingerprint density at radius 1 is 1.32 bits per heavy atom. The number of fused-ring (bicyclic) bond motifs is 1. The van der Waals surface area contributed by atoms with Crippen molar-refractivity contribution in [2.45, 2.75) is 26.0 Å². The molecule has 28 heavy (non-hydrogen) atoms. The van der Waals surface area contributed by atoms with Crippen LogP contribution in [-0.4, -0.2) is 87.9 Å². The van der Waals surface area contributed by atoms with Crippen LogP contribution in [0, 0.1) is 5.92 Å². The lowest BCUT2D eigenvalue weighted by molar-refractivity contribution is 0.0387. The summed E-state index contributed by atoms with van der Waals surface area (Å²) >= 11 is 0. The third kappa shape index (κ3) is 4.95. The minimum Gasteiger partial charge on any atom is -0.488 e. The Bertz CT molecular complexity index is 812. The maximum atomic E-state index is 13.2. The molecule has 1 aliphatic rings. The second-order valence-corrected chi connectivity index (χ2v) is 9.83. The number of hydrogen-bond donors (Lipinski definition) is 1. The van der Waals surface area contributed by atoms with Gasteiger partial charge in [0.05, 0.1) is 31.0 Å². The number of anilines is 1. The van der Waals surface area contributed by atoms with Crippen LogP contribution in [0.1, 0.15) is 24.2 Å². The number of ether oxygens (including phenoxy) is 1. The number of aliphatic hydroxyl groups is 1. The van der Waals surface area contributed by atoms with E-state index < -0.39 is 16.1 Å².